The molecule has 5 heteroatoms. The van der Waals surface area contributed by atoms with E-state index in [1.807, 2.05) is 13.8 Å². The molecule has 0 fully saturated rings. The Morgan fingerprint density at radius 3 is 2.29 bits per heavy atom. The van der Waals surface area contributed by atoms with Crippen molar-refractivity contribution in [2.24, 2.45) is 0 Å². The zero-order valence-electron chi connectivity index (χ0n) is 11.8. The molecule has 0 spiro atoms. The highest BCUT2D eigenvalue weighted by Gasteiger charge is 2.11. The van der Waals surface area contributed by atoms with Crippen molar-refractivity contribution in [3.05, 3.63) is 53.1 Å². The number of carbonyl (C=O) groups is 1. The van der Waals surface area contributed by atoms with Crippen LogP contribution in [0, 0.1) is 6.92 Å². The van der Waals surface area contributed by atoms with Gasteiger partial charge in [0.15, 0.2) is 0 Å². The molecule has 1 atom stereocenters. The van der Waals surface area contributed by atoms with Gasteiger partial charge in [0.05, 0.1) is 5.56 Å². The fourth-order valence-electron chi connectivity index (χ4n) is 2.10. The molecule has 0 saturated carbocycles. The number of phenols is 2. The van der Waals surface area contributed by atoms with Gasteiger partial charge in [0.2, 0.25) is 0 Å². The lowest BCUT2D eigenvalue weighted by molar-refractivity contribution is 0.0697. The molecule has 0 radical (unpaired) electrons. The van der Waals surface area contributed by atoms with Crippen molar-refractivity contribution >= 4 is 11.7 Å². The number of hydrogen-bond donors (Lipinski definition) is 4. The van der Waals surface area contributed by atoms with E-state index < -0.39 is 5.97 Å². The van der Waals surface area contributed by atoms with E-state index in [9.17, 15) is 15.0 Å². The van der Waals surface area contributed by atoms with Crippen molar-refractivity contribution in [3.8, 4) is 11.5 Å². The molecule has 0 aliphatic rings. The largest absolute Gasteiger partial charge is 0.508 e. The molecule has 0 heterocycles. The highest BCUT2D eigenvalue weighted by Crippen LogP contribution is 2.28. The lowest BCUT2D eigenvalue weighted by Gasteiger charge is -2.18. The van der Waals surface area contributed by atoms with Crippen molar-refractivity contribution in [1.29, 1.82) is 0 Å². The highest BCUT2D eigenvalue weighted by atomic mass is 16.4. The summed E-state index contributed by atoms with van der Waals surface area (Å²) in [6.07, 6.45) is 0. The average Bonchev–Trinajstić information content (AvgIpc) is 2.39. The SMILES string of the molecule is Cc1ccc(C(=O)O)cc1NC(C)c1cc(O)cc(O)c1. The molecular weight excluding hydrogens is 270 g/mol. The maximum Gasteiger partial charge on any atom is 0.335 e. The van der Waals surface area contributed by atoms with Crippen LogP contribution >= 0.6 is 0 Å². The molecule has 110 valence electrons. The summed E-state index contributed by atoms with van der Waals surface area (Å²) in [6.45, 7) is 3.74. The standard InChI is InChI=1S/C16H17NO4/c1-9-3-4-11(16(20)21)7-15(9)17-10(2)12-5-13(18)8-14(19)6-12/h3-8,10,17-19H,1-2H3,(H,20,21). The van der Waals surface area contributed by atoms with Gasteiger partial charge in [-0.2, -0.15) is 0 Å². The summed E-state index contributed by atoms with van der Waals surface area (Å²) < 4.78 is 0. The Labute approximate surface area is 122 Å². The summed E-state index contributed by atoms with van der Waals surface area (Å²) in [5, 5.41) is 31.3. The lowest BCUT2D eigenvalue weighted by atomic mass is 10.1. The smallest absolute Gasteiger partial charge is 0.335 e. The van der Waals surface area contributed by atoms with Crippen molar-refractivity contribution in [2.45, 2.75) is 19.9 Å². The summed E-state index contributed by atoms with van der Waals surface area (Å²) in [5.74, 6) is -1.02. The number of aromatic carboxylic acids is 1. The first-order valence-corrected chi connectivity index (χ1v) is 6.50. The summed E-state index contributed by atoms with van der Waals surface area (Å²) in [5.41, 5.74) is 2.52. The number of benzene rings is 2. The first-order chi connectivity index (χ1) is 9.86. The van der Waals surface area contributed by atoms with Crippen molar-refractivity contribution < 1.29 is 20.1 Å². The molecule has 0 saturated heterocycles. The fourth-order valence-corrected chi connectivity index (χ4v) is 2.10. The zero-order valence-corrected chi connectivity index (χ0v) is 11.8. The number of anilines is 1. The van der Waals surface area contributed by atoms with Gasteiger partial charge in [-0.3, -0.25) is 0 Å². The number of aromatic hydroxyl groups is 2. The van der Waals surface area contributed by atoms with Crippen LogP contribution in [0.2, 0.25) is 0 Å². The number of nitrogens with one attached hydrogen (secondary N) is 1. The molecule has 5 nitrogen and oxygen atoms in total. The molecule has 0 bridgehead atoms. The summed E-state index contributed by atoms with van der Waals surface area (Å²) >= 11 is 0. The van der Waals surface area contributed by atoms with E-state index in [-0.39, 0.29) is 23.1 Å². The summed E-state index contributed by atoms with van der Waals surface area (Å²) in [6, 6.07) is 9.00. The average molecular weight is 287 g/mol. The summed E-state index contributed by atoms with van der Waals surface area (Å²) in [4.78, 5) is 11.0. The van der Waals surface area contributed by atoms with Crippen LogP contribution in [0.25, 0.3) is 0 Å². The number of rotatable bonds is 4. The van der Waals surface area contributed by atoms with Crippen LogP contribution in [-0.4, -0.2) is 21.3 Å². The molecule has 1 unspecified atom stereocenters. The topological polar surface area (TPSA) is 89.8 Å². The van der Waals surface area contributed by atoms with E-state index in [0.29, 0.717) is 11.3 Å². The summed E-state index contributed by atoms with van der Waals surface area (Å²) in [7, 11) is 0. The van der Waals surface area contributed by atoms with E-state index in [0.717, 1.165) is 5.56 Å². The molecule has 0 aliphatic heterocycles. The Balaban J connectivity index is 2.28. The van der Waals surface area contributed by atoms with Gasteiger partial charge in [0.1, 0.15) is 11.5 Å². The van der Waals surface area contributed by atoms with Gasteiger partial charge < -0.3 is 20.6 Å². The van der Waals surface area contributed by atoms with Gasteiger partial charge >= 0.3 is 5.97 Å². The van der Waals surface area contributed by atoms with Crippen molar-refractivity contribution in [1.82, 2.24) is 0 Å². The second-order valence-electron chi connectivity index (χ2n) is 4.98. The monoisotopic (exact) mass is 287 g/mol. The van der Waals surface area contributed by atoms with Crippen LogP contribution < -0.4 is 5.32 Å². The fraction of sp³-hybridized carbons (Fsp3) is 0.188. The number of hydrogen-bond acceptors (Lipinski definition) is 4. The Hall–Kier alpha value is -2.69. The third-order valence-corrected chi connectivity index (χ3v) is 3.28. The number of carboxylic acid groups (broad SMARTS) is 1. The first-order valence-electron chi connectivity index (χ1n) is 6.50. The second-order valence-corrected chi connectivity index (χ2v) is 4.98. The van der Waals surface area contributed by atoms with Gasteiger partial charge in [-0.25, -0.2) is 4.79 Å². The Kier molecular flexibility index (Phi) is 4.03. The minimum Gasteiger partial charge on any atom is -0.508 e. The minimum atomic E-state index is -0.985. The van der Waals surface area contributed by atoms with Gasteiger partial charge in [-0.15, -0.1) is 0 Å². The minimum absolute atomic E-state index is 0.0188. The van der Waals surface area contributed by atoms with Gasteiger partial charge in [-0.1, -0.05) is 6.07 Å². The third-order valence-electron chi connectivity index (χ3n) is 3.28. The molecule has 2 aromatic carbocycles. The molecule has 0 aliphatic carbocycles. The predicted molar refractivity (Wildman–Crippen MR) is 79.9 cm³/mol. The Morgan fingerprint density at radius 2 is 1.71 bits per heavy atom. The van der Waals surface area contributed by atoms with E-state index in [2.05, 4.69) is 5.32 Å². The Bertz CT molecular complexity index is 662. The van der Waals surface area contributed by atoms with E-state index in [1.165, 1.54) is 6.07 Å². The van der Waals surface area contributed by atoms with Gasteiger partial charge in [0, 0.05) is 17.8 Å². The molecule has 0 aromatic heterocycles. The molecule has 0 amide bonds. The number of phenolic OH excluding ortho intramolecular Hbond substituents is 2. The number of aryl methyl sites for hydroxylation is 1. The lowest BCUT2D eigenvalue weighted by Crippen LogP contribution is -2.09. The number of carboxylic acids is 1. The highest BCUT2D eigenvalue weighted by molar-refractivity contribution is 5.89. The second kappa shape index (κ2) is 5.75. The van der Waals surface area contributed by atoms with Crippen molar-refractivity contribution in [3.63, 3.8) is 0 Å². The van der Waals surface area contributed by atoms with Gasteiger partial charge in [0.25, 0.3) is 0 Å². The quantitative estimate of drug-likeness (QED) is 0.693. The molecular formula is C16H17NO4. The maximum absolute atomic E-state index is 11.0. The van der Waals surface area contributed by atoms with Crippen LogP contribution in [0.5, 0.6) is 11.5 Å². The zero-order chi connectivity index (χ0) is 15.6. The van der Waals surface area contributed by atoms with Crippen LogP contribution in [0.4, 0.5) is 5.69 Å². The first kappa shape index (κ1) is 14.7. The third kappa shape index (κ3) is 3.45. The van der Waals surface area contributed by atoms with Gasteiger partial charge in [-0.05, 0) is 49.2 Å². The van der Waals surface area contributed by atoms with E-state index in [4.69, 9.17) is 5.11 Å². The molecule has 21 heavy (non-hydrogen) atoms. The van der Waals surface area contributed by atoms with Crippen molar-refractivity contribution in [2.75, 3.05) is 5.32 Å². The van der Waals surface area contributed by atoms with Crippen LogP contribution in [0.15, 0.2) is 36.4 Å². The molecule has 2 rings (SSSR count). The van der Waals surface area contributed by atoms with E-state index >= 15 is 0 Å². The predicted octanol–water partition coefficient (Wildman–Crippen LogP) is 3.28. The van der Waals surface area contributed by atoms with Crippen LogP contribution in [0.3, 0.4) is 0 Å². The van der Waals surface area contributed by atoms with E-state index in [1.54, 1.807) is 30.3 Å². The molecule has 4 N–H and O–H groups in total. The Morgan fingerprint density at radius 1 is 1.10 bits per heavy atom. The molecule has 2 aromatic rings. The maximum atomic E-state index is 11.0. The normalized spacial score (nSPS) is 11.9. The van der Waals surface area contributed by atoms with Crippen LogP contribution in [0.1, 0.15) is 34.5 Å². The van der Waals surface area contributed by atoms with Crippen LogP contribution in [-0.2, 0) is 0 Å².